The second-order valence-electron chi connectivity index (χ2n) is 9.55. The molecule has 3 aromatic carbocycles. The van der Waals surface area contributed by atoms with Crippen LogP contribution in [0.2, 0.25) is 10.0 Å². The zero-order chi connectivity index (χ0) is 31.7. The van der Waals surface area contributed by atoms with Gasteiger partial charge in [0, 0.05) is 34.8 Å². The van der Waals surface area contributed by atoms with Crippen LogP contribution in [0, 0.1) is 5.82 Å². The molecule has 9 nitrogen and oxygen atoms in total. The minimum absolute atomic E-state index is 0.0281. The number of benzene rings is 3. The number of halogens is 3. The number of unbranched alkanes of at least 4 members (excludes halogenated alkanes) is 1. The minimum atomic E-state index is -4.43. The molecule has 1 N–H and O–H groups in total. The molecule has 0 spiro atoms. The molecule has 0 unspecified atom stereocenters. The van der Waals surface area contributed by atoms with Crippen molar-refractivity contribution < 1.29 is 31.9 Å². The van der Waals surface area contributed by atoms with Gasteiger partial charge in [0.2, 0.25) is 11.8 Å². The third-order valence-corrected chi connectivity index (χ3v) is 9.20. The average Bonchev–Trinajstić information content (AvgIpc) is 2.99. The maximum absolute atomic E-state index is 14.0. The summed E-state index contributed by atoms with van der Waals surface area (Å²) in [5.74, 6) is -1.28. The summed E-state index contributed by atoms with van der Waals surface area (Å²) >= 11 is 12.8. The van der Waals surface area contributed by atoms with Crippen molar-refractivity contribution in [3.8, 4) is 11.5 Å². The summed E-state index contributed by atoms with van der Waals surface area (Å²) in [5, 5.41) is 3.36. The van der Waals surface area contributed by atoms with Crippen LogP contribution in [-0.2, 0) is 26.2 Å². The Bertz CT molecular complexity index is 1520. The van der Waals surface area contributed by atoms with Gasteiger partial charge in [-0.15, -0.1) is 0 Å². The molecule has 0 aromatic heterocycles. The van der Waals surface area contributed by atoms with Crippen LogP contribution in [0.4, 0.5) is 10.1 Å². The predicted octanol–water partition coefficient (Wildman–Crippen LogP) is 5.68. The van der Waals surface area contributed by atoms with Crippen LogP contribution in [0.15, 0.2) is 65.6 Å². The van der Waals surface area contributed by atoms with Crippen molar-refractivity contribution in [2.75, 3.05) is 31.6 Å². The number of methoxy groups -OCH3 is 2. The highest BCUT2D eigenvalue weighted by molar-refractivity contribution is 7.92. The van der Waals surface area contributed by atoms with Crippen molar-refractivity contribution in [3.05, 3.63) is 82.1 Å². The molecule has 0 heterocycles. The summed E-state index contributed by atoms with van der Waals surface area (Å²) in [5.41, 5.74) is 0.420. The largest absolute Gasteiger partial charge is 0.493 e. The van der Waals surface area contributed by atoms with Crippen LogP contribution in [0.3, 0.4) is 0 Å². The Morgan fingerprint density at radius 1 is 0.977 bits per heavy atom. The molecule has 232 valence electrons. The Morgan fingerprint density at radius 2 is 1.60 bits per heavy atom. The van der Waals surface area contributed by atoms with Crippen molar-refractivity contribution in [2.24, 2.45) is 0 Å². The zero-order valence-electron chi connectivity index (χ0n) is 24.3. The quantitative estimate of drug-likeness (QED) is 0.225. The fraction of sp³-hybridized carbons (Fsp3) is 0.333. The Morgan fingerprint density at radius 3 is 2.19 bits per heavy atom. The van der Waals surface area contributed by atoms with Gasteiger partial charge in [0.1, 0.15) is 18.4 Å². The van der Waals surface area contributed by atoms with Gasteiger partial charge in [-0.05, 0) is 61.9 Å². The van der Waals surface area contributed by atoms with Crippen LogP contribution in [0.1, 0.15) is 32.3 Å². The Hall–Kier alpha value is -3.54. The number of amides is 2. The molecule has 13 heteroatoms. The van der Waals surface area contributed by atoms with E-state index in [1.807, 2.05) is 6.92 Å². The molecule has 0 aliphatic carbocycles. The predicted molar refractivity (Wildman–Crippen MR) is 165 cm³/mol. The van der Waals surface area contributed by atoms with E-state index < -0.39 is 40.2 Å². The summed E-state index contributed by atoms with van der Waals surface area (Å²) in [6.45, 7) is 3.02. The number of ether oxygens (including phenoxy) is 2. The van der Waals surface area contributed by atoms with Crippen molar-refractivity contribution in [3.63, 3.8) is 0 Å². The molecule has 2 amide bonds. The average molecular weight is 655 g/mol. The number of rotatable bonds is 14. The third kappa shape index (κ3) is 8.31. The molecule has 0 aliphatic heterocycles. The normalized spacial score (nSPS) is 11.9. The number of carbonyl (C=O) groups excluding carboxylic acids is 2. The van der Waals surface area contributed by atoms with E-state index in [2.05, 4.69) is 5.32 Å². The van der Waals surface area contributed by atoms with Gasteiger partial charge in [-0.1, -0.05) is 42.6 Å². The standard InChI is InChI=1S/C30H34Cl2FN3O6S/c1-5-6-16-34-30(38)20(2)35(18-24-25(31)8-7-9-26(24)32)29(37)19-36(22-12-10-21(33)11-13-22)43(39,40)23-14-15-27(41-3)28(17-23)42-4/h7-15,17,20H,5-6,16,18-19H2,1-4H3,(H,34,38)/t20-/m1/s1. The molecule has 3 aromatic rings. The highest BCUT2D eigenvalue weighted by atomic mass is 35.5. The van der Waals surface area contributed by atoms with E-state index in [0.29, 0.717) is 17.9 Å². The number of nitrogens with one attached hydrogen (secondary N) is 1. The molecule has 0 bridgehead atoms. The van der Waals surface area contributed by atoms with E-state index in [1.54, 1.807) is 18.2 Å². The molecular formula is C30H34Cl2FN3O6S. The van der Waals surface area contributed by atoms with Gasteiger partial charge in [0.15, 0.2) is 11.5 Å². The molecule has 1 atom stereocenters. The molecular weight excluding hydrogens is 620 g/mol. The summed E-state index contributed by atoms with van der Waals surface area (Å²) in [4.78, 5) is 28.1. The van der Waals surface area contributed by atoms with Crippen molar-refractivity contribution in [2.45, 2.75) is 44.2 Å². The Kier molecular flexibility index (Phi) is 12.1. The minimum Gasteiger partial charge on any atom is -0.493 e. The van der Waals surface area contributed by atoms with Crippen LogP contribution in [0.25, 0.3) is 0 Å². The lowest BCUT2D eigenvalue weighted by molar-refractivity contribution is -0.139. The van der Waals surface area contributed by atoms with Gasteiger partial charge in [0.05, 0.1) is 24.8 Å². The van der Waals surface area contributed by atoms with Crippen LogP contribution < -0.4 is 19.1 Å². The van der Waals surface area contributed by atoms with Gasteiger partial charge in [0.25, 0.3) is 10.0 Å². The Labute approximate surface area is 261 Å². The number of carbonyl (C=O) groups is 2. The molecule has 0 saturated heterocycles. The summed E-state index contributed by atoms with van der Waals surface area (Å²) < 4.78 is 53.2. The molecule has 0 radical (unpaired) electrons. The van der Waals surface area contributed by atoms with Crippen LogP contribution in [-0.4, -0.2) is 58.5 Å². The van der Waals surface area contributed by atoms with Crippen LogP contribution in [0.5, 0.6) is 11.5 Å². The lowest BCUT2D eigenvalue weighted by Crippen LogP contribution is -2.51. The first kappa shape index (κ1) is 34.0. The van der Waals surface area contributed by atoms with Crippen LogP contribution >= 0.6 is 23.2 Å². The van der Waals surface area contributed by atoms with Crippen molar-refractivity contribution in [1.29, 1.82) is 0 Å². The topological polar surface area (TPSA) is 105 Å². The number of nitrogens with zero attached hydrogens (tertiary/aromatic N) is 2. The first-order chi connectivity index (χ1) is 20.4. The highest BCUT2D eigenvalue weighted by Crippen LogP contribution is 2.33. The number of hydrogen-bond donors (Lipinski definition) is 1. The van der Waals surface area contributed by atoms with Crippen molar-refractivity contribution in [1.82, 2.24) is 10.2 Å². The second kappa shape index (κ2) is 15.3. The molecule has 0 saturated carbocycles. The lowest BCUT2D eigenvalue weighted by atomic mass is 10.1. The maximum Gasteiger partial charge on any atom is 0.264 e. The molecule has 0 fully saturated rings. The molecule has 0 aliphatic rings. The fourth-order valence-electron chi connectivity index (χ4n) is 4.21. The van der Waals surface area contributed by atoms with E-state index in [1.165, 1.54) is 56.4 Å². The second-order valence-corrected chi connectivity index (χ2v) is 12.2. The van der Waals surface area contributed by atoms with E-state index in [0.717, 1.165) is 29.3 Å². The zero-order valence-corrected chi connectivity index (χ0v) is 26.6. The SMILES string of the molecule is CCCCNC(=O)[C@@H](C)N(Cc1c(Cl)cccc1Cl)C(=O)CN(c1ccc(F)cc1)S(=O)(=O)c1ccc(OC)c(OC)c1. The number of sulfonamides is 1. The van der Waals surface area contributed by atoms with Gasteiger partial charge in [-0.2, -0.15) is 0 Å². The van der Waals surface area contributed by atoms with Gasteiger partial charge in [-0.3, -0.25) is 13.9 Å². The maximum atomic E-state index is 14.0. The van der Waals surface area contributed by atoms with E-state index in [4.69, 9.17) is 32.7 Å². The van der Waals surface area contributed by atoms with Gasteiger partial charge < -0.3 is 19.7 Å². The van der Waals surface area contributed by atoms with Gasteiger partial charge >= 0.3 is 0 Å². The first-order valence-corrected chi connectivity index (χ1v) is 15.6. The summed E-state index contributed by atoms with van der Waals surface area (Å²) in [6, 6.07) is 12.5. The van der Waals surface area contributed by atoms with Gasteiger partial charge in [-0.25, -0.2) is 12.8 Å². The van der Waals surface area contributed by atoms with Crippen molar-refractivity contribution >= 4 is 50.7 Å². The highest BCUT2D eigenvalue weighted by Gasteiger charge is 2.33. The van der Waals surface area contributed by atoms with E-state index >= 15 is 0 Å². The summed E-state index contributed by atoms with van der Waals surface area (Å²) in [6.07, 6.45) is 1.60. The monoisotopic (exact) mass is 653 g/mol. The van der Waals surface area contributed by atoms with E-state index in [-0.39, 0.29) is 32.9 Å². The number of anilines is 1. The third-order valence-electron chi connectivity index (χ3n) is 6.72. The molecule has 3 rings (SSSR count). The first-order valence-electron chi connectivity index (χ1n) is 13.4. The fourth-order valence-corrected chi connectivity index (χ4v) is 6.16. The molecule has 43 heavy (non-hydrogen) atoms. The number of hydrogen-bond acceptors (Lipinski definition) is 6. The van der Waals surface area contributed by atoms with E-state index in [9.17, 15) is 22.4 Å². The lowest BCUT2D eigenvalue weighted by Gasteiger charge is -2.32. The smallest absolute Gasteiger partial charge is 0.264 e. The Balaban J connectivity index is 2.08. The summed E-state index contributed by atoms with van der Waals surface area (Å²) in [7, 11) is -1.66.